The topological polar surface area (TPSA) is 66.0 Å². The van der Waals surface area contributed by atoms with Gasteiger partial charge in [-0.3, -0.25) is 9.78 Å². The minimum atomic E-state index is -0.472. The van der Waals surface area contributed by atoms with Crippen molar-refractivity contribution in [1.82, 2.24) is 21.2 Å². The Kier molecular flexibility index (Phi) is 4.33. The van der Waals surface area contributed by atoms with Crippen LogP contribution >= 0.6 is 11.6 Å². The number of nitrogens with one attached hydrogen (secondary N) is 3. The zero-order valence-electron chi connectivity index (χ0n) is 11.5. The molecule has 0 aliphatic carbocycles. The molecule has 2 aromatic rings. The third-order valence-electron chi connectivity index (χ3n) is 3.49. The van der Waals surface area contributed by atoms with E-state index >= 15 is 0 Å². The van der Waals surface area contributed by atoms with Crippen LogP contribution in [0.4, 0.5) is 4.39 Å². The normalized spacial score (nSPS) is 20.8. The molecule has 3 rings (SSSR count). The molecule has 1 amide bonds. The number of aromatic nitrogens is 1. The molecule has 0 saturated carbocycles. The zero-order valence-corrected chi connectivity index (χ0v) is 12.3. The molecule has 0 radical (unpaired) electrons. The van der Waals surface area contributed by atoms with Crippen molar-refractivity contribution < 1.29 is 9.18 Å². The predicted octanol–water partition coefficient (Wildman–Crippen LogP) is 2.17. The Bertz CT molecular complexity index is 682. The van der Waals surface area contributed by atoms with Crippen molar-refractivity contribution in [2.24, 2.45) is 0 Å². The van der Waals surface area contributed by atoms with Crippen molar-refractivity contribution in [3.05, 3.63) is 64.7 Å². The van der Waals surface area contributed by atoms with Crippen LogP contribution in [0, 0.1) is 5.82 Å². The minimum Gasteiger partial charge on any atom is -0.335 e. The van der Waals surface area contributed by atoms with Gasteiger partial charge in [0.2, 0.25) is 0 Å². The number of hydrogen-bond acceptors (Lipinski definition) is 4. The first-order chi connectivity index (χ1) is 10.6. The number of carbonyl (C=O) groups is 1. The summed E-state index contributed by atoms with van der Waals surface area (Å²) in [4.78, 5) is 16.2. The number of pyridine rings is 1. The predicted molar refractivity (Wildman–Crippen MR) is 80.5 cm³/mol. The number of carbonyl (C=O) groups excluding carboxylic acids is 1. The fraction of sp³-hybridized carbons (Fsp3) is 0.200. The smallest absolute Gasteiger partial charge is 0.254 e. The monoisotopic (exact) mass is 320 g/mol. The Balaban J connectivity index is 1.64. The summed E-state index contributed by atoms with van der Waals surface area (Å²) in [6, 6.07) is 7.62. The van der Waals surface area contributed by atoms with E-state index in [0.717, 1.165) is 11.6 Å². The molecule has 1 aromatic heterocycles. The van der Waals surface area contributed by atoms with E-state index in [-0.39, 0.29) is 28.7 Å². The van der Waals surface area contributed by atoms with Crippen LogP contribution in [0.25, 0.3) is 0 Å². The number of rotatable bonds is 3. The summed E-state index contributed by atoms with van der Waals surface area (Å²) < 4.78 is 13.0. The molecule has 0 bridgehead atoms. The highest BCUT2D eigenvalue weighted by molar-refractivity contribution is 6.33. The molecule has 2 unspecified atom stereocenters. The van der Waals surface area contributed by atoms with E-state index in [9.17, 15) is 9.18 Å². The second-order valence-corrected chi connectivity index (χ2v) is 5.41. The molecule has 2 heterocycles. The first kappa shape index (κ1) is 14.9. The van der Waals surface area contributed by atoms with Crippen molar-refractivity contribution in [2.45, 2.75) is 18.6 Å². The summed E-state index contributed by atoms with van der Waals surface area (Å²) in [7, 11) is 0. The Labute approximate surface area is 131 Å². The van der Waals surface area contributed by atoms with Crippen LogP contribution in [-0.4, -0.2) is 17.1 Å². The largest absolute Gasteiger partial charge is 0.335 e. The quantitative estimate of drug-likeness (QED) is 0.811. The first-order valence-corrected chi connectivity index (χ1v) is 7.18. The number of hydrogen-bond donors (Lipinski definition) is 3. The molecule has 5 nitrogen and oxygen atoms in total. The lowest BCUT2D eigenvalue weighted by molar-refractivity contribution is 0.0932. The van der Waals surface area contributed by atoms with E-state index in [2.05, 4.69) is 21.2 Å². The summed E-state index contributed by atoms with van der Waals surface area (Å²) >= 11 is 5.89. The highest BCUT2D eigenvalue weighted by Gasteiger charge is 2.26. The number of nitrogens with zero attached hydrogens (tertiary/aromatic N) is 1. The summed E-state index contributed by atoms with van der Waals surface area (Å²) in [6.07, 6.45) is 3.88. The highest BCUT2D eigenvalue weighted by Crippen LogP contribution is 2.21. The van der Waals surface area contributed by atoms with Crippen molar-refractivity contribution >= 4 is 17.5 Å². The SMILES string of the molecule is O=C(NC1CC(c2ccncc2)NN1)c1ccc(F)cc1Cl. The molecular weight excluding hydrogens is 307 g/mol. The fourth-order valence-electron chi connectivity index (χ4n) is 2.37. The highest BCUT2D eigenvalue weighted by atomic mass is 35.5. The first-order valence-electron chi connectivity index (χ1n) is 6.80. The van der Waals surface area contributed by atoms with Gasteiger partial charge in [0, 0.05) is 24.9 Å². The second-order valence-electron chi connectivity index (χ2n) is 5.01. The van der Waals surface area contributed by atoms with Crippen LogP contribution in [0.3, 0.4) is 0 Å². The van der Waals surface area contributed by atoms with Gasteiger partial charge in [-0.05, 0) is 35.9 Å². The molecule has 1 fully saturated rings. The van der Waals surface area contributed by atoms with Gasteiger partial charge in [0.05, 0.1) is 16.8 Å². The number of hydrazine groups is 1. The summed E-state index contributed by atoms with van der Waals surface area (Å²) in [5, 5.41) is 2.91. The van der Waals surface area contributed by atoms with Gasteiger partial charge in [0.15, 0.2) is 0 Å². The van der Waals surface area contributed by atoms with Crippen LogP contribution in [0.1, 0.15) is 28.4 Å². The molecule has 1 saturated heterocycles. The Hall–Kier alpha value is -2.02. The van der Waals surface area contributed by atoms with E-state index in [4.69, 9.17) is 11.6 Å². The van der Waals surface area contributed by atoms with Crippen LogP contribution in [0.2, 0.25) is 5.02 Å². The van der Waals surface area contributed by atoms with E-state index in [0.29, 0.717) is 6.42 Å². The summed E-state index contributed by atoms with van der Waals surface area (Å²) in [5.74, 6) is -0.820. The number of benzene rings is 1. The van der Waals surface area contributed by atoms with Gasteiger partial charge in [-0.25, -0.2) is 15.2 Å². The lowest BCUT2D eigenvalue weighted by Crippen LogP contribution is -2.44. The van der Waals surface area contributed by atoms with E-state index in [1.807, 2.05) is 12.1 Å². The maximum Gasteiger partial charge on any atom is 0.254 e. The maximum atomic E-state index is 13.0. The molecule has 1 aliphatic heterocycles. The second kappa shape index (κ2) is 6.39. The third-order valence-corrected chi connectivity index (χ3v) is 3.81. The maximum absolute atomic E-state index is 13.0. The van der Waals surface area contributed by atoms with Gasteiger partial charge in [-0.15, -0.1) is 0 Å². The third kappa shape index (κ3) is 3.24. The van der Waals surface area contributed by atoms with Crippen molar-refractivity contribution in [3.63, 3.8) is 0 Å². The number of amides is 1. The molecule has 1 aromatic carbocycles. The standard InChI is InChI=1S/C15H14ClFN4O/c16-12-7-10(17)1-2-11(12)15(22)19-14-8-13(20-21-14)9-3-5-18-6-4-9/h1-7,13-14,20-21H,8H2,(H,19,22). The lowest BCUT2D eigenvalue weighted by atomic mass is 10.1. The van der Waals surface area contributed by atoms with Crippen molar-refractivity contribution in [3.8, 4) is 0 Å². The zero-order chi connectivity index (χ0) is 15.5. The average molecular weight is 321 g/mol. The summed E-state index contributed by atoms with van der Waals surface area (Å²) in [6.45, 7) is 0. The number of halogens is 2. The van der Waals surface area contributed by atoms with Crippen LogP contribution in [-0.2, 0) is 0 Å². The van der Waals surface area contributed by atoms with Crippen molar-refractivity contribution in [2.75, 3.05) is 0 Å². The summed E-state index contributed by atoms with van der Waals surface area (Å²) in [5.41, 5.74) is 7.47. The van der Waals surface area contributed by atoms with Crippen LogP contribution < -0.4 is 16.2 Å². The average Bonchev–Trinajstić information content (AvgIpc) is 2.96. The molecule has 22 heavy (non-hydrogen) atoms. The van der Waals surface area contributed by atoms with E-state index < -0.39 is 5.82 Å². The molecule has 2 atom stereocenters. The molecule has 1 aliphatic rings. The van der Waals surface area contributed by atoms with Crippen LogP contribution in [0.15, 0.2) is 42.7 Å². The fourth-order valence-corrected chi connectivity index (χ4v) is 2.63. The molecule has 7 heteroatoms. The lowest BCUT2D eigenvalue weighted by Gasteiger charge is -2.13. The molecular formula is C15H14ClFN4O. The van der Waals surface area contributed by atoms with E-state index in [1.54, 1.807) is 12.4 Å². The van der Waals surface area contributed by atoms with Gasteiger partial charge in [-0.2, -0.15) is 0 Å². The van der Waals surface area contributed by atoms with Gasteiger partial charge in [-0.1, -0.05) is 11.6 Å². The Morgan fingerprint density at radius 2 is 2.05 bits per heavy atom. The van der Waals surface area contributed by atoms with Gasteiger partial charge in [0.25, 0.3) is 5.91 Å². The van der Waals surface area contributed by atoms with Gasteiger partial charge >= 0.3 is 0 Å². The Morgan fingerprint density at radius 3 is 2.77 bits per heavy atom. The van der Waals surface area contributed by atoms with Gasteiger partial charge in [0.1, 0.15) is 5.82 Å². The van der Waals surface area contributed by atoms with E-state index in [1.165, 1.54) is 12.1 Å². The minimum absolute atomic E-state index is 0.0805. The molecule has 0 spiro atoms. The molecule has 3 N–H and O–H groups in total. The van der Waals surface area contributed by atoms with Crippen LogP contribution in [0.5, 0.6) is 0 Å². The Morgan fingerprint density at radius 1 is 1.27 bits per heavy atom. The molecule has 114 valence electrons. The van der Waals surface area contributed by atoms with Crippen molar-refractivity contribution in [1.29, 1.82) is 0 Å². The van der Waals surface area contributed by atoms with Gasteiger partial charge < -0.3 is 5.32 Å².